The molecule has 11 heterocycles. The van der Waals surface area contributed by atoms with E-state index in [-0.39, 0.29) is 73.8 Å². The molecule has 0 radical (unpaired) electrons. The zero-order valence-electron chi connectivity index (χ0n) is 52.1. The minimum atomic E-state index is -0.936. The third-order valence-corrected chi connectivity index (χ3v) is 23.5. The molecule has 0 aromatic heterocycles. The lowest BCUT2D eigenvalue weighted by Crippen LogP contribution is -2.75. The van der Waals surface area contributed by atoms with E-state index in [2.05, 4.69) is 106 Å². The fourth-order valence-corrected chi connectivity index (χ4v) is 18.2. The molecule has 0 spiro atoms. The fraction of sp³-hybridized carbons (Fsp3) is 0.824. The van der Waals surface area contributed by atoms with E-state index in [1.54, 1.807) is 0 Å². The first kappa shape index (κ1) is 60.7. The van der Waals surface area contributed by atoms with Crippen LogP contribution < -0.4 is 0 Å². The summed E-state index contributed by atoms with van der Waals surface area (Å²) >= 11 is 0. The van der Waals surface area contributed by atoms with E-state index >= 15 is 0 Å². The van der Waals surface area contributed by atoms with E-state index in [1.165, 1.54) is 0 Å². The van der Waals surface area contributed by atoms with Crippen molar-refractivity contribution in [1.29, 1.82) is 0 Å². The Kier molecular flexibility index (Phi) is 15.7. The quantitative estimate of drug-likeness (QED) is 0.193. The summed E-state index contributed by atoms with van der Waals surface area (Å²) in [6, 6.07) is 20.5. The van der Waals surface area contributed by atoms with Gasteiger partial charge in [0.2, 0.25) is 0 Å². The van der Waals surface area contributed by atoms with Crippen LogP contribution in [0.5, 0.6) is 0 Å². The molecule has 3 N–H and O–H groups in total. The lowest BCUT2D eigenvalue weighted by atomic mass is 9.70. The van der Waals surface area contributed by atoms with Gasteiger partial charge in [0, 0.05) is 51.6 Å². The highest BCUT2D eigenvalue weighted by Gasteiger charge is 2.70. The van der Waals surface area contributed by atoms with Crippen LogP contribution in [-0.2, 0) is 74.8 Å². The maximum Gasteiger partial charge on any atom is 0.121 e. The number of hydrogen-bond donors (Lipinski definition) is 3. The topological polar surface area (TPSA) is 181 Å². The standard InChI is InChI=1S/C68H100O16/c1-12-27-62(5)57(71)58(73-40-42-21-17-14-18-22-42)68(11)56(81-62)38-63(6)47(82-68)25-28-59(2)55(80-63)37-64(7)51(78-59)32-46-45(77-64)23-24-48(75-46)67(10)53(72-39-41-19-15-13-16-20-41)34-52-66(9,84-67)36-54-60(3,79-52)29-30-61(4)49(76-54)33-50-65(8,83-61)35-43(70)44(74-50)26-31-69/h13-22,43-58,69-71H,12,23-40H2,1-11H3/t43-,44+,45+,46-,47+,48-,49+,50-,51+,52-,53+,54-,55+,56+,57+,58-,59-,60+,61-,62-,63-,64-,65+,66+,67-,68+/m0/s1. The van der Waals surface area contributed by atoms with Crippen LogP contribution in [0.2, 0.25) is 0 Å². The predicted molar refractivity (Wildman–Crippen MR) is 310 cm³/mol. The average Bonchev–Trinajstić information content (AvgIpc) is 1.64. The average molecular weight is 1170 g/mol. The summed E-state index contributed by atoms with van der Waals surface area (Å²) < 4.78 is 94.2. The van der Waals surface area contributed by atoms with Crippen LogP contribution in [0.15, 0.2) is 60.7 Å². The highest BCUT2D eigenvalue weighted by Crippen LogP contribution is 2.59. The highest BCUT2D eigenvalue weighted by atomic mass is 16.7. The summed E-state index contributed by atoms with van der Waals surface area (Å²) in [5.41, 5.74) is -5.23. The second-order valence-corrected chi connectivity index (χ2v) is 30.1. The van der Waals surface area contributed by atoms with Crippen LogP contribution in [0.3, 0.4) is 0 Å². The fourth-order valence-electron chi connectivity index (χ4n) is 18.2. The van der Waals surface area contributed by atoms with Crippen LogP contribution in [0.1, 0.15) is 190 Å². The molecule has 0 saturated carbocycles. The van der Waals surface area contributed by atoms with Crippen LogP contribution in [-0.4, -0.2) is 176 Å². The molecule has 0 bridgehead atoms. The molecule has 2 aromatic rings. The summed E-state index contributed by atoms with van der Waals surface area (Å²) in [7, 11) is 0. The Labute approximate surface area is 499 Å². The van der Waals surface area contributed by atoms with Crippen LogP contribution in [0.25, 0.3) is 0 Å². The third kappa shape index (κ3) is 10.4. The molecule has 11 aliphatic rings. The van der Waals surface area contributed by atoms with Crippen LogP contribution in [0.4, 0.5) is 0 Å². The van der Waals surface area contributed by atoms with Gasteiger partial charge in [0.15, 0.2) is 0 Å². The van der Waals surface area contributed by atoms with Gasteiger partial charge in [0.05, 0.1) is 143 Å². The van der Waals surface area contributed by atoms with Gasteiger partial charge in [-0.05, 0) is 132 Å². The Morgan fingerprint density at radius 2 is 1.08 bits per heavy atom. The van der Waals surface area contributed by atoms with Gasteiger partial charge in [-0.3, -0.25) is 0 Å². The molecule has 0 unspecified atom stereocenters. The van der Waals surface area contributed by atoms with Crippen molar-refractivity contribution in [3.05, 3.63) is 71.8 Å². The van der Waals surface area contributed by atoms with Gasteiger partial charge >= 0.3 is 0 Å². The van der Waals surface area contributed by atoms with Gasteiger partial charge in [-0.25, -0.2) is 0 Å². The van der Waals surface area contributed by atoms with Crippen LogP contribution >= 0.6 is 0 Å². The maximum absolute atomic E-state index is 12.2. The second kappa shape index (κ2) is 21.8. The molecular formula is C68H100O16. The number of ether oxygens (including phenoxy) is 13. The minimum absolute atomic E-state index is 0.0567. The van der Waals surface area contributed by atoms with Gasteiger partial charge in [-0.2, -0.15) is 0 Å². The molecule has 0 amide bonds. The monoisotopic (exact) mass is 1170 g/mol. The molecule has 16 nitrogen and oxygen atoms in total. The maximum atomic E-state index is 12.2. The first-order chi connectivity index (χ1) is 39.8. The molecule has 26 atom stereocenters. The van der Waals surface area contributed by atoms with E-state index in [0.29, 0.717) is 90.3 Å². The second-order valence-electron chi connectivity index (χ2n) is 30.1. The number of aliphatic hydroxyl groups is 3. The Morgan fingerprint density at radius 3 is 1.79 bits per heavy atom. The molecule has 0 aliphatic carbocycles. The van der Waals surface area contributed by atoms with E-state index in [0.717, 1.165) is 36.8 Å². The zero-order chi connectivity index (χ0) is 59.1. The van der Waals surface area contributed by atoms with Crippen molar-refractivity contribution in [2.24, 2.45) is 0 Å². The molecular weight excluding hydrogens is 1070 g/mol. The van der Waals surface area contributed by atoms with Crippen molar-refractivity contribution in [3.63, 3.8) is 0 Å². The molecule has 468 valence electrons. The van der Waals surface area contributed by atoms with Crippen LogP contribution in [0, 0.1) is 0 Å². The Bertz CT molecular complexity index is 2650. The Morgan fingerprint density at radius 1 is 0.476 bits per heavy atom. The first-order valence-electron chi connectivity index (χ1n) is 32.5. The lowest BCUT2D eigenvalue weighted by Gasteiger charge is -2.63. The number of benzene rings is 2. The van der Waals surface area contributed by atoms with Gasteiger partial charge in [0.25, 0.3) is 0 Å². The number of aliphatic hydroxyl groups excluding tert-OH is 3. The van der Waals surface area contributed by atoms with Crippen molar-refractivity contribution in [2.75, 3.05) is 6.61 Å². The molecule has 11 aliphatic heterocycles. The van der Waals surface area contributed by atoms with Gasteiger partial charge < -0.3 is 76.9 Å². The van der Waals surface area contributed by atoms with Gasteiger partial charge in [0.1, 0.15) is 23.4 Å². The molecule has 11 saturated heterocycles. The largest absolute Gasteiger partial charge is 0.396 e. The molecule has 13 rings (SSSR count). The predicted octanol–water partition coefficient (Wildman–Crippen LogP) is 9.48. The first-order valence-corrected chi connectivity index (χ1v) is 32.5. The van der Waals surface area contributed by atoms with E-state index in [9.17, 15) is 15.3 Å². The van der Waals surface area contributed by atoms with Gasteiger partial charge in [-0.1, -0.05) is 74.0 Å². The molecule has 16 heteroatoms. The summed E-state index contributed by atoms with van der Waals surface area (Å²) in [5.74, 6) is 0. The van der Waals surface area contributed by atoms with Crippen molar-refractivity contribution in [3.8, 4) is 0 Å². The van der Waals surface area contributed by atoms with Gasteiger partial charge in [-0.15, -0.1) is 0 Å². The Balaban J connectivity index is 0.726. The molecule has 11 fully saturated rings. The number of rotatable bonds is 11. The molecule has 2 aromatic carbocycles. The smallest absolute Gasteiger partial charge is 0.121 e. The third-order valence-electron chi connectivity index (χ3n) is 23.5. The van der Waals surface area contributed by atoms with E-state index in [1.807, 2.05) is 31.2 Å². The van der Waals surface area contributed by atoms with Crippen molar-refractivity contribution < 1.29 is 76.9 Å². The van der Waals surface area contributed by atoms with Crippen molar-refractivity contribution in [2.45, 2.75) is 346 Å². The van der Waals surface area contributed by atoms with E-state index < -0.39 is 86.5 Å². The normalized spacial score (nSPS) is 53.3. The Hall–Kier alpha value is -2.20. The summed E-state index contributed by atoms with van der Waals surface area (Å²) in [6.07, 6.45) is 4.17. The van der Waals surface area contributed by atoms with Crippen molar-refractivity contribution in [1.82, 2.24) is 0 Å². The summed E-state index contributed by atoms with van der Waals surface area (Å²) in [5, 5.41) is 33.2. The SMILES string of the molecule is CCC[C@]1(C)O[C@@H]2C[C@]3(C)O[C@@H]4C[C@]5(C)O[C@@H]6CC[C@@H]([C@]7(C)O[C@]8(C)C[C@@H]9O[C@@H]%10C[C@@H]%11O[C@H](CCO)[C@@H](O)C[C@@]%11(C)O[C@@]%10(C)CC[C@@]9(C)O[C@H]8C[C@H]7OCc7ccccc7)O[C@H]6C[C@H]5O[C@@]4(C)CC[C@H]3O[C@@]2(C)[C@@H](OCc2ccccc2)[C@H]1O. The van der Waals surface area contributed by atoms with E-state index in [4.69, 9.17) is 61.6 Å². The molecule has 84 heavy (non-hydrogen) atoms. The number of fused-ring (bicyclic) bond motifs is 9. The number of hydrogen-bond acceptors (Lipinski definition) is 16. The highest BCUT2D eigenvalue weighted by molar-refractivity contribution is 5.20. The minimum Gasteiger partial charge on any atom is -0.396 e. The zero-order valence-corrected chi connectivity index (χ0v) is 52.1. The summed E-state index contributed by atoms with van der Waals surface area (Å²) in [4.78, 5) is 0. The van der Waals surface area contributed by atoms with Crippen molar-refractivity contribution >= 4 is 0 Å². The lowest BCUT2D eigenvalue weighted by molar-refractivity contribution is -0.384. The summed E-state index contributed by atoms with van der Waals surface area (Å²) in [6.45, 7) is 24.4.